The van der Waals surface area contributed by atoms with Crippen molar-refractivity contribution in [1.82, 2.24) is 14.0 Å². The van der Waals surface area contributed by atoms with Gasteiger partial charge >= 0.3 is 0 Å². The maximum atomic E-state index is 13.4. The highest BCUT2D eigenvalue weighted by Crippen LogP contribution is 2.29. The lowest BCUT2D eigenvalue weighted by Gasteiger charge is -2.10. The summed E-state index contributed by atoms with van der Waals surface area (Å²) in [5, 5.41) is 1.78. The molecule has 0 aliphatic carbocycles. The highest BCUT2D eigenvalue weighted by atomic mass is 35.5. The van der Waals surface area contributed by atoms with E-state index in [0.29, 0.717) is 27.3 Å². The summed E-state index contributed by atoms with van der Waals surface area (Å²) < 4.78 is 3.95. The van der Waals surface area contributed by atoms with Crippen LogP contribution in [-0.2, 0) is 6.54 Å². The second kappa shape index (κ2) is 8.77. The van der Waals surface area contributed by atoms with Gasteiger partial charge in [-0.25, -0.2) is 9.38 Å². The Bertz CT molecular complexity index is 1790. The van der Waals surface area contributed by atoms with E-state index in [0.717, 1.165) is 38.3 Å². The number of thiazole rings is 1. The van der Waals surface area contributed by atoms with Crippen molar-refractivity contribution in [3.63, 3.8) is 0 Å². The molecule has 0 saturated carbocycles. The summed E-state index contributed by atoms with van der Waals surface area (Å²) >= 11 is 7.73. The zero-order valence-corrected chi connectivity index (χ0v) is 21.9. The number of aromatic nitrogens is 3. The zero-order chi connectivity index (χ0) is 25.0. The van der Waals surface area contributed by atoms with Gasteiger partial charge in [-0.15, -0.1) is 0 Å². The molecule has 0 N–H and O–H groups in total. The van der Waals surface area contributed by atoms with E-state index in [4.69, 9.17) is 11.6 Å². The average Bonchev–Trinajstić information content (AvgIpc) is 3.23. The summed E-state index contributed by atoms with van der Waals surface area (Å²) in [5.41, 5.74) is 5.92. The summed E-state index contributed by atoms with van der Waals surface area (Å²) in [6.07, 6.45) is 1.91. The third kappa shape index (κ3) is 3.91. The van der Waals surface area contributed by atoms with Crippen LogP contribution in [0.1, 0.15) is 53.4 Å². The van der Waals surface area contributed by atoms with E-state index in [1.54, 1.807) is 0 Å². The first kappa shape index (κ1) is 23.5. The van der Waals surface area contributed by atoms with Crippen molar-refractivity contribution in [2.75, 3.05) is 0 Å². The summed E-state index contributed by atoms with van der Waals surface area (Å²) in [6.45, 7) is 10.5. The first-order chi connectivity index (χ1) is 16.7. The second-order valence-electron chi connectivity index (χ2n) is 9.30. The van der Waals surface area contributed by atoms with Gasteiger partial charge in [0.2, 0.25) is 4.96 Å². The lowest BCUT2D eigenvalue weighted by Crippen LogP contribution is -2.33. The first-order valence-electron chi connectivity index (χ1n) is 11.6. The van der Waals surface area contributed by atoms with Crippen LogP contribution in [0.15, 0.2) is 52.1 Å². The summed E-state index contributed by atoms with van der Waals surface area (Å²) in [5.74, 6) is -0.00774. The van der Waals surface area contributed by atoms with Crippen molar-refractivity contribution in [3.05, 3.63) is 106 Å². The molecule has 0 spiro atoms. The molecular formula is C28H26ClN3O2S. The molecule has 0 saturated heterocycles. The number of fused-ring (bicyclic) bond motifs is 2. The van der Waals surface area contributed by atoms with Gasteiger partial charge in [0.15, 0.2) is 0 Å². The van der Waals surface area contributed by atoms with Gasteiger partial charge in [0, 0.05) is 45.0 Å². The largest absolute Gasteiger partial charge is 0.340 e. The van der Waals surface area contributed by atoms with Crippen LogP contribution in [0.25, 0.3) is 21.9 Å². The summed E-state index contributed by atoms with van der Waals surface area (Å²) in [4.78, 5) is 31.5. The minimum absolute atomic E-state index is 0.00774. The summed E-state index contributed by atoms with van der Waals surface area (Å²) in [6, 6.07) is 14.2. The van der Waals surface area contributed by atoms with Crippen LogP contribution < -0.4 is 15.7 Å². The van der Waals surface area contributed by atoms with E-state index < -0.39 is 0 Å². The SMILES string of the molecule is Cc1ccc2c(c1)c(/C=c1\sc3nc(C)c(C(C)C)c(=O)n3c1=O)c(C)n2Cc1ccccc1Cl. The van der Waals surface area contributed by atoms with Crippen molar-refractivity contribution in [2.45, 2.75) is 47.1 Å². The van der Waals surface area contributed by atoms with Crippen LogP contribution in [0.2, 0.25) is 5.02 Å². The molecule has 0 atom stereocenters. The summed E-state index contributed by atoms with van der Waals surface area (Å²) in [7, 11) is 0. The van der Waals surface area contributed by atoms with Crippen LogP contribution in [0.4, 0.5) is 0 Å². The van der Waals surface area contributed by atoms with Gasteiger partial charge in [0.05, 0.1) is 4.53 Å². The van der Waals surface area contributed by atoms with Gasteiger partial charge in [-0.2, -0.15) is 0 Å². The van der Waals surface area contributed by atoms with Crippen LogP contribution in [-0.4, -0.2) is 14.0 Å². The molecule has 5 nitrogen and oxygen atoms in total. The molecule has 0 radical (unpaired) electrons. The molecule has 0 amide bonds. The maximum Gasteiger partial charge on any atom is 0.277 e. The molecule has 0 aliphatic rings. The highest BCUT2D eigenvalue weighted by Gasteiger charge is 2.18. The number of halogens is 1. The molecule has 5 aromatic rings. The number of hydrogen-bond donors (Lipinski definition) is 0. The van der Waals surface area contributed by atoms with Gasteiger partial charge in [0.1, 0.15) is 0 Å². The fourth-order valence-electron chi connectivity index (χ4n) is 4.81. The minimum Gasteiger partial charge on any atom is -0.340 e. The predicted octanol–water partition coefficient (Wildman–Crippen LogP) is 5.37. The van der Waals surface area contributed by atoms with E-state index in [-0.39, 0.29) is 17.0 Å². The number of rotatable bonds is 4. The molecule has 7 heteroatoms. The van der Waals surface area contributed by atoms with Crippen LogP contribution >= 0.6 is 22.9 Å². The van der Waals surface area contributed by atoms with Crippen molar-refractivity contribution < 1.29 is 0 Å². The standard InChI is InChI=1S/C28H26ClN3O2S/c1-15(2)25-17(4)30-28-32(27(25)34)26(33)24(35-28)13-20-18(5)31(14-19-8-6-7-9-22(19)29)23-11-10-16(3)12-21(20)23/h6-13,15H,14H2,1-5H3/b24-13-. The zero-order valence-electron chi connectivity index (χ0n) is 20.3. The molecule has 0 aliphatic heterocycles. The molecule has 35 heavy (non-hydrogen) atoms. The molecular weight excluding hydrogens is 478 g/mol. The molecule has 3 aromatic heterocycles. The first-order valence-corrected chi connectivity index (χ1v) is 12.8. The molecule has 0 fully saturated rings. The Hall–Kier alpha value is -3.22. The van der Waals surface area contributed by atoms with E-state index in [1.807, 2.05) is 51.1 Å². The van der Waals surface area contributed by atoms with Gasteiger partial charge in [0.25, 0.3) is 11.1 Å². The van der Waals surface area contributed by atoms with Crippen LogP contribution in [0.3, 0.4) is 0 Å². The smallest absolute Gasteiger partial charge is 0.277 e. The van der Waals surface area contributed by atoms with Crippen LogP contribution in [0, 0.1) is 20.8 Å². The Morgan fingerprint density at radius 1 is 1.06 bits per heavy atom. The molecule has 5 rings (SSSR count). The molecule has 178 valence electrons. The van der Waals surface area contributed by atoms with Gasteiger partial charge < -0.3 is 4.57 Å². The quantitative estimate of drug-likeness (QED) is 0.331. The Kier molecular flexibility index (Phi) is 5.90. The van der Waals surface area contributed by atoms with Gasteiger partial charge in [-0.05, 0) is 56.5 Å². The maximum absolute atomic E-state index is 13.4. The van der Waals surface area contributed by atoms with Crippen molar-refractivity contribution >= 4 is 44.9 Å². The molecule has 2 aromatic carbocycles. The number of nitrogens with zero attached hydrogens (tertiary/aromatic N) is 3. The lowest BCUT2D eigenvalue weighted by atomic mass is 10.0. The number of hydrogen-bond acceptors (Lipinski definition) is 4. The van der Waals surface area contributed by atoms with Gasteiger partial charge in [-0.3, -0.25) is 9.59 Å². The number of benzene rings is 2. The van der Waals surface area contributed by atoms with E-state index in [2.05, 4.69) is 41.6 Å². The van der Waals surface area contributed by atoms with E-state index >= 15 is 0 Å². The van der Waals surface area contributed by atoms with Crippen molar-refractivity contribution in [3.8, 4) is 0 Å². The Morgan fingerprint density at radius 3 is 2.51 bits per heavy atom. The fourth-order valence-corrected chi connectivity index (χ4v) is 5.99. The van der Waals surface area contributed by atoms with E-state index in [9.17, 15) is 9.59 Å². The highest BCUT2D eigenvalue weighted by molar-refractivity contribution is 7.15. The fraction of sp³-hybridized carbons (Fsp3) is 0.250. The van der Waals surface area contributed by atoms with Crippen LogP contribution in [0.5, 0.6) is 0 Å². The monoisotopic (exact) mass is 503 g/mol. The Morgan fingerprint density at radius 2 is 1.80 bits per heavy atom. The normalized spacial score (nSPS) is 12.5. The molecule has 3 heterocycles. The van der Waals surface area contributed by atoms with E-state index in [1.165, 1.54) is 15.7 Å². The van der Waals surface area contributed by atoms with Crippen molar-refractivity contribution in [1.29, 1.82) is 0 Å². The predicted molar refractivity (Wildman–Crippen MR) is 145 cm³/mol. The second-order valence-corrected chi connectivity index (χ2v) is 10.7. The minimum atomic E-state index is -0.316. The third-order valence-corrected chi connectivity index (χ3v) is 7.90. The topological polar surface area (TPSA) is 56.4 Å². The third-order valence-electron chi connectivity index (χ3n) is 6.56. The lowest BCUT2D eigenvalue weighted by molar-refractivity contribution is 0.803. The van der Waals surface area contributed by atoms with Gasteiger partial charge in [-0.1, -0.05) is 66.6 Å². The van der Waals surface area contributed by atoms with Crippen molar-refractivity contribution in [2.24, 2.45) is 0 Å². The molecule has 0 bridgehead atoms. The molecule has 0 unspecified atom stereocenters. The average molecular weight is 504 g/mol. The Labute approximate surface area is 211 Å². The Balaban J connectivity index is 1.78. The number of aryl methyl sites for hydroxylation is 2.